The monoisotopic (exact) mass is 303 g/mol. The molecule has 0 atom stereocenters. The molecule has 0 unspecified atom stereocenters. The third-order valence-corrected chi connectivity index (χ3v) is 4.45. The third-order valence-electron chi connectivity index (χ3n) is 3.38. The number of fused-ring (bicyclic) bond motifs is 1. The molecule has 21 heavy (non-hydrogen) atoms. The van der Waals surface area contributed by atoms with Gasteiger partial charge in [-0.1, -0.05) is 0 Å². The number of anilines is 3. The van der Waals surface area contributed by atoms with Crippen molar-refractivity contribution in [1.29, 1.82) is 0 Å². The lowest BCUT2D eigenvalue weighted by Crippen LogP contribution is -2.08. The topological polar surface area (TPSA) is 77.2 Å². The van der Waals surface area contributed by atoms with E-state index in [1.54, 1.807) is 36.5 Å². The number of carbonyl (C=O) groups excluding carboxylic acids is 1. The number of carbonyl (C=O) groups is 1. The van der Waals surface area contributed by atoms with E-state index >= 15 is 0 Å². The second-order valence-electron chi connectivity index (χ2n) is 4.89. The van der Waals surface area contributed by atoms with Crippen LogP contribution in [0.15, 0.2) is 18.2 Å². The molecule has 110 valence electrons. The van der Waals surface area contributed by atoms with Crippen molar-refractivity contribution in [3.63, 3.8) is 0 Å². The molecule has 0 saturated carbocycles. The van der Waals surface area contributed by atoms with Crippen LogP contribution in [0.5, 0.6) is 0 Å². The Morgan fingerprint density at radius 1 is 1.48 bits per heavy atom. The minimum absolute atomic E-state index is 0.332. The summed E-state index contributed by atoms with van der Waals surface area (Å²) < 4.78 is 5.07. The molecule has 0 amide bonds. The van der Waals surface area contributed by atoms with Crippen LogP contribution in [0.4, 0.5) is 16.5 Å². The normalized spacial score (nSPS) is 13.0. The fraction of sp³-hybridized carbons (Fsp3) is 0.333. The van der Waals surface area contributed by atoms with E-state index in [9.17, 15) is 4.79 Å². The fourth-order valence-electron chi connectivity index (χ4n) is 2.41. The van der Waals surface area contributed by atoms with Crippen molar-refractivity contribution >= 4 is 33.8 Å². The molecule has 0 fully saturated rings. The van der Waals surface area contributed by atoms with Crippen LogP contribution in [0.2, 0.25) is 0 Å². The van der Waals surface area contributed by atoms with Gasteiger partial charge in [-0.15, -0.1) is 11.3 Å². The number of nitrogens with one attached hydrogen (secondary N) is 1. The van der Waals surface area contributed by atoms with Gasteiger partial charge >= 0.3 is 5.97 Å². The van der Waals surface area contributed by atoms with Gasteiger partial charge in [0, 0.05) is 10.6 Å². The molecule has 0 radical (unpaired) electrons. The van der Waals surface area contributed by atoms with Gasteiger partial charge in [-0.05, 0) is 44.4 Å². The summed E-state index contributed by atoms with van der Waals surface area (Å²) in [6.45, 7) is 2.11. The van der Waals surface area contributed by atoms with Crippen LogP contribution in [0, 0.1) is 0 Å². The van der Waals surface area contributed by atoms with E-state index in [0.717, 1.165) is 18.0 Å². The fourth-order valence-corrected chi connectivity index (χ4v) is 3.47. The molecule has 1 heterocycles. The predicted octanol–water partition coefficient (Wildman–Crippen LogP) is 3.13. The highest BCUT2D eigenvalue weighted by Gasteiger charge is 2.19. The summed E-state index contributed by atoms with van der Waals surface area (Å²) in [6.07, 6.45) is 3.32. The van der Waals surface area contributed by atoms with E-state index < -0.39 is 0 Å². The van der Waals surface area contributed by atoms with Crippen molar-refractivity contribution in [3.05, 3.63) is 34.3 Å². The molecule has 3 rings (SSSR count). The summed E-state index contributed by atoms with van der Waals surface area (Å²) in [6, 6.07) is 5.17. The minimum Gasteiger partial charge on any atom is -0.462 e. The lowest BCUT2D eigenvalue weighted by atomic mass is 10.1. The number of rotatable bonds is 4. The van der Waals surface area contributed by atoms with Gasteiger partial charge in [0.1, 0.15) is 0 Å². The minimum atomic E-state index is -0.378. The number of hydrogen-bond acceptors (Lipinski definition) is 6. The molecular weight excluding hydrogens is 286 g/mol. The molecule has 5 nitrogen and oxygen atoms in total. The van der Waals surface area contributed by atoms with Crippen molar-refractivity contribution in [3.8, 4) is 0 Å². The Balaban J connectivity index is 1.88. The molecule has 3 N–H and O–H groups in total. The number of benzene rings is 1. The van der Waals surface area contributed by atoms with E-state index in [2.05, 4.69) is 10.3 Å². The Labute approximate surface area is 127 Å². The molecule has 0 saturated heterocycles. The van der Waals surface area contributed by atoms with Crippen LogP contribution in [-0.2, 0) is 17.6 Å². The summed E-state index contributed by atoms with van der Waals surface area (Å²) in [5.74, 6) is -0.378. The maximum Gasteiger partial charge on any atom is 0.340 e. The second kappa shape index (κ2) is 5.73. The lowest BCUT2D eigenvalue weighted by Gasteiger charge is -2.10. The van der Waals surface area contributed by atoms with Gasteiger partial charge in [0.05, 0.1) is 23.6 Å². The third kappa shape index (κ3) is 2.85. The maximum absolute atomic E-state index is 12.0. The average molecular weight is 303 g/mol. The quantitative estimate of drug-likeness (QED) is 0.670. The van der Waals surface area contributed by atoms with Crippen LogP contribution < -0.4 is 11.1 Å². The van der Waals surface area contributed by atoms with Gasteiger partial charge in [-0.25, -0.2) is 9.78 Å². The summed E-state index contributed by atoms with van der Waals surface area (Å²) in [7, 11) is 0. The summed E-state index contributed by atoms with van der Waals surface area (Å²) in [5, 5.41) is 4.03. The number of nitrogen functional groups attached to an aromatic ring is 1. The number of aryl methyl sites for hydroxylation is 2. The highest BCUT2D eigenvalue weighted by Crippen LogP contribution is 2.33. The van der Waals surface area contributed by atoms with E-state index in [4.69, 9.17) is 10.5 Å². The molecule has 6 heteroatoms. The average Bonchev–Trinajstić information content (AvgIpc) is 3.02. The van der Waals surface area contributed by atoms with E-state index in [1.807, 2.05) is 0 Å². The molecule has 1 aliphatic rings. The Morgan fingerprint density at radius 2 is 2.33 bits per heavy atom. The largest absolute Gasteiger partial charge is 0.462 e. The SMILES string of the molecule is CCOC(=O)c1cc(N)ccc1Nc1nc2c(s1)CCC2. The van der Waals surface area contributed by atoms with Gasteiger partial charge in [-0.2, -0.15) is 0 Å². The number of esters is 1. The Bertz CT molecular complexity index is 660. The first-order valence-corrected chi connectivity index (χ1v) is 7.81. The smallest absolute Gasteiger partial charge is 0.340 e. The highest BCUT2D eigenvalue weighted by atomic mass is 32.1. The van der Waals surface area contributed by atoms with Crippen LogP contribution >= 0.6 is 11.3 Å². The lowest BCUT2D eigenvalue weighted by molar-refractivity contribution is 0.0527. The van der Waals surface area contributed by atoms with Crippen LogP contribution in [0.25, 0.3) is 0 Å². The Kier molecular flexibility index (Phi) is 3.79. The van der Waals surface area contributed by atoms with Crippen LogP contribution in [-0.4, -0.2) is 17.6 Å². The van der Waals surface area contributed by atoms with E-state index in [0.29, 0.717) is 23.5 Å². The number of hydrogen-bond donors (Lipinski definition) is 2. The first-order valence-electron chi connectivity index (χ1n) is 6.99. The zero-order chi connectivity index (χ0) is 14.8. The summed E-state index contributed by atoms with van der Waals surface area (Å²) >= 11 is 1.65. The highest BCUT2D eigenvalue weighted by molar-refractivity contribution is 7.15. The second-order valence-corrected chi connectivity index (χ2v) is 5.98. The molecule has 0 spiro atoms. The first kappa shape index (κ1) is 13.9. The Morgan fingerprint density at radius 3 is 3.10 bits per heavy atom. The molecule has 1 aliphatic carbocycles. The zero-order valence-corrected chi connectivity index (χ0v) is 12.6. The van der Waals surface area contributed by atoms with E-state index in [-0.39, 0.29) is 5.97 Å². The summed E-state index contributed by atoms with van der Waals surface area (Å²) in [4.78, 5) is 17.9. The standard InChI is InChI=1S/C15H17N3O2S/c1-2-20-14(19)10-8-9(16)6-7-11(10)17-15-18-12-4-3-5-13(12)21-15/h6-8H,2-5,16H2,1H3,(H,17,18). The van der Waals surface area contributed by atoms with Gasteiger partial charge in [0.15, 0.2) is 5.13 Å². The summed E-state index contributed by atoms with van der Waals surface area (Å²) in [5.41, 5.74) is 8.59. The van der Waals surface area contributed by atoms with Crippen molar-refractivity contribution < 1.29 is 9.53 Å². The van der Waals surface area contributed by atoms with Crippen molar-refractivity contribution in [2.24, 2.45) is 0 Å². The number of nitrogens with two attached hydrogens (primary N) is 1. The first-order chi connectivity index (χ1) is 10.2. The predicted molar refractivity (Wildman–Crippen MR) is 84.2 cm³/mol. The number of aromatic nitrogens is 1. The van der Waals surface area contributed by atoms with Gasteiger partial charge in [0.2, 0.25) is 0 Å². The molecule has 2 aromatic rings. The molecule has 0 aliphatic heterocycles. The number of thiazole rings is 1. The van der Waals surface area contributed by atoms with Crippen molar-refractivity contribution in [1.82, 2.24) is 4.98 Å². The van der Waals surface area contributed by atoms with Crippen LogP contribution in [0.3, 0.4) is 0 Å². The van der Waals surface area contributed by atoms with Crippen molar-refractivity contribution in [2.45, 2.75) is 26.2 Å². The number of nitrogens with zero attached hydrogens (tertiary/aromatic N) is 1. The molecule has 1 aromatic carbocycles. The van der Waals surface area contributed by atoms with Gasteiger partial charge < -0.3 is 15.8 Å². The number of ether oxygens (including phenoxy) is 1. The zero-order valence-electron chi connectivity index (χ0n) is 11.8. The Hall–Kier alpha value is -2.08. The molecule has 1 aromatic heterocycles. The molecule has 0 bridgehead atoms. The van der Waals surface area contributed by atoms with Crippen molar-refractivity contribution in [2.75, 3.05) is 17.7 Å². The van der Waals surface area contributed by atoms with Gasteiger partial charge in [-0.3, -0.25) is 0 Å². The van der Waals surface area contributed by atoms with Crippen LogP contribution in [0.1, 0.15) is 34.3 Å². The molecular formula is C15H17N3O2S. The van der Waals surface area contributed by atoms with Gasteiger partial charge in [0.25, 0.3) is 0 Å². The van der Waals surface area contributed by atoms with E-state index in [1.165, 1.54) is 17.0 Å². The maximum atomic E-state index is 12.0.